The van der Waals surface area contributed by atoms with Crippen molar-refractivity contribution < 1.29 is 9.15 Å². The van der Waals surface area contributed by atoms with E-state index in [4.69, 9.17) is 9.15 Å². The third kappa shape index (κ3) is 5.26. The normalized spacial score (nSPS) is 21.5. The molecular weight excluding hydrogens is 354 g/mol. The van der Waals surface area contributed by atoms with E-state index in [0.29, 0.717) is 12.4 Å². The Bertz CT molecular complexity index is 637. The molecule has 0 unspecified atom stereocenters. The standard InChI is InChI=1S/C21H37N5O2/c1-20(2,3)17-14-23-18(28-17)15-24-19(22-4)25-16-21(8-6-5-7-9-21)26-10-12-27-13-11-26/h14H,5-13,15-16H2,1-4H3,(H2,22,24,25). The first kappa shape index (κ1) is 21.1. The van der Waals surface area contributed by atoms with Crippen molar-refractivity contribution in [2.24, 2.45) is 4.99 Å². The molecule has 7 heteroatoms. The smallest absolute Gasteiger partial charge is 0.213 e. The largest absolute Gasteiger partial charge is 0.443 e. The Morgan fingerprint density at radius 3 is 2.50 bits per heavy atom. The number of guanidine groups is 1. The fraction of sp³-hybridized carbons (Fsp3) is 0.810. The zero-order chi connectivity index (χ0) is 20.0. The molecular formula is C21H37N5O2. The predicted molar refractivity (Wildman–Crippen MR) is 112 cm³/mol. The first-order valence-corrected chi connectivity index (χ1v) is 10.7. The van der Waals surface area contributed by atoms with Crippen molar-refractivity contribution in [2.45, 2.75) is 70.4 Å². The maximum absolute atomic E-state index is 5.87. The van der Waals surface area contributed by atoms with Gasteiger partial charge in [0, 0.05) is 37.6 Å². The van der Waals surface area contributed by atoms with E-state index in [1.165, 1.54) is 32.1 Å². The van der Waals surface area contributed by atoms with E-state index in [0.717, 1.165) is 44.6 Å². The van der Waals surface area contributed by atoms with Gasteiger partial charge in [0.15, 0.2) is 5.96 Å². The lowest BCUT2D eigenvalue weighted by atomic mass is 9.80. The molecule has 0 aromatic carbocycles. The summed E-state index contributed by atoms with van der Waals surface area (Å²) in [5.74, 6) is 2.39. The zero-order valence-corrected chi connectivity index (χ0v) is 18.0. The van der Waals surface area contributed by atoms with E-state index in [1.54, 1.807) is 0 Å². The van der Waals surface area contributed by atoms with Crippen LogP contribution < -0.4 is 10.6 Å². The number of ether oxygens (including phenoxy) is 1. The van der Waals surface area contributed by atoms with Gasteiger partial charge in [0.2, 0.25) is 5.89 Å². The summed E-state index contributed by atoms with van der Waals surface area (Å²) in [6.07, 6.45) is 8.26. The second-order valence-corrected chi connectivity index (χ2v) is 9.03. The summed E-state index contributed by atoms with van der Waals surface area (Å²) >= 11 is 0. The van der Waals surface area contributed by atoms with Crippen molar-refractivity contribution >= 4 is 5.96 Å². The third-order valence-corrected chi connectivity index (χ3v) is 5.97. The number of oxazole rings is 1. The highest BCUT2D eigenvalue weighted by molar-refractivity contribution is 5.79. The summed E-state index contributed by atoms with van der Waals surface area (Å²) in [6, 6.07) is 0. The minimum absolute atomic E-state index is 0.0311. The molecule has 2 heterocycles. The monoisotopic (exact) mass is 391 g/mol. The van der Waals surface area contributed by atoms with Crippen molar-refractivity contribution in [3.8, 4) is 0 Å². The van der Waals surface area contributed by atoms with Crippen LogP contribution in [0.1, 0.15) is 64.5 Å². The molecule has 3 rings (SSSR count). The van der Waals surface area contributed by atoms with Gasteiger partial charge in [-0.1, -0.05) is 40.0 Å². The van der Waals surface area contributed by atoms with Gasteiger partial charge >= 0.3 is 0 Å². The Labute approximate surface area is 169 Å². The third-order valence-electron chi connectivity index (χ3n) is 5.97. The molecule has 1 aliphatic heterocycles. The number of aromatic nitrogens is 1. The molecule has 0 radical (unpaired) electrons. The van der Waals surface area contributed by atoms with Crippen LogP contribution in [0, 0.1) is 0 Å². The van der Waals surface area contributed by atoms with Crippen molar-refractivity contribution in [1.29, 1.82) is 0 Å². The lowest BCUT2D eigenvalue weighted by Gasteiger charge is -2.48. The summed E-state index contributed by atoms with van der Waals surface area (Å²) in [5, 5.41) is 6.92. The van der Waals surface area contributed by atoms with Crippen LogP contribution in [-0.2, 0) is 16.7 Å². The van der Waals surface area contributed by atoms with Gasteiger partial charge in [0.05, 0.1) is 26.0 Å². The molecule has 2 N–H and O–H groups in total. The van der Waals surface area contributed by atoms with Crippen LogP contribution in [-0.4, -0.2) is 61.3 Å². The van der Waals surface area contributed by atoms with Crippen molar-refractivity contribution in [3.05, 3.63) is 17.8 Å². The SMILES string of the molecule is CN=C(NCc1ncc(C(C)(C)C)o1)NCC1(N2CCOCC2)CCCCC1. The quantitative estimate of drug-likeness (QED) is 0.594. The van der Waals surface area contributed by atoms with Gasteiger partial charge in [0.25, 0.3) is 0 Å². The molecule has 1 saturated heterocycles. The highest BCUT2D eigenvalue weighted by atomic mass is 16.5. The number of nitrogens with zero attached hydrogens (tertiary/aromatic N) is 3. The first-order chi connectivity index (χ1) is 13.4. The zero-order valence-electron chi connectivity index (χ0n) is 18.0. The van der Waals surface area contributed by atoms with E-state index in [-0.39, 0.29) is 11.0 Å². The molecule has 7 nitrogen and oxygen atoms in total. The lowest BCUT2D eigenvalue weighted by molar-refractivity contribution is -0.0352. The summed E-state index contributed by atoms with van der Waals surface area (Å²) in [6.45, 7) is 11.6. The highest BCUT2D eigenvalue weighted by Gasteiger charge is 2.38. The van der Waals surface area contributed by atoms with Crippen LogP contribution in [0.15, 0.2) is 15.6 Å². The van der Waals surface area contributed by atoms with Crippen LogP contribution in [0.25, 0.3) is 0 Å². The number of aliphatic imine (C=N–C) groups is 1. The Kier molecular flexibility index (Phi) is 6.99. The Morgan fingerprint density at radius 2 is 1.89 bits per heavy atom. The first-order valence-electron chi connectivity index (χ1n) is 10.7. The summed E-state index contributed by atoms with van der Waals surface area (Å²) in [7, 11) is 1.81. The Morgan fingerprint density at radius 1 is 1.18 bits per heavy atom. The van der Waals surface area contributed by atoms with Crippen LogP contribution >= 0.6 is 0 Å². The number of rotatable bonds is 5. The van der Waals surface area contributed by atoms with Crippen LogP contribution in [0.2, 0.25) is 0 Å². The van der Waals surface area contributed by atoms with Gasteiger partial charge < -0.3 is 19.8 Å². The molecule has 0 spiro atoms. The number of hydrogen-bond donors (Lipinski definition) is 2. The molecule has 1 aromatic rings. The number of morpholine rings is 1. The van der Waals surface area contributed by atoms with E-state index in [9.17, 15) is 0 Å². The predicted octanol–water partition coefficient (Wildman–Crippen LogP) is 2.67. The second kappa shape index (κ2) is 9.27. The molecule has 1 aliphatic carbocycles. The van der Waals surface area contributed by atoms with Crippen LogP contribution in [0.4, 0.5) is 0 Å². The van der Waals surface area contributed by atoms with E-state index < -0.39 is 0 Å². The minimum atomic E-state index is -0.0311. The fourth-order valence-electron chi connectivity index (χ4n) is 4.22. The van der Waals surface area contributed by atoms with Gasteiger partial charge in [0.1, 0.15) is 5.76 Å². The average molecular weight is 392 g/mol. The van der Waals surface area contributed by atoms with Gasteiger partial charge in [-0.3, -0.25) is 9.89 Å². The molecule has 158 valence electrons. The maximum atomic E-state index is 5.87. The molecule has 0 amide bonds. The Balaban J connectivity index is 1.56. The number of hydrogen-bond acceptors (Lipinski definition) is 5. The molecule has 2 fully saturated rings. The topological polar surface area (TPSA) is 74.9 Å². The minimum Gasteiger partial charge on any atom is -0.443 e. The van der Waals surface area contributed by atoms with Crippen LogP contribution in [0.3, 0.4) is 0 Å². The molecule has 0 bridgehead atoms. The van der Waals surface area contributed by atoms with E-state index in [1.807, 2.05) is 13.2 Å². The number of nitrogens with one attached hydrogen (secondary N) is 2. The van der Waals surface area contributed by atoms with E-state index in [2.05, 4.69) is 46.3 Å². The van der Waals surface area contributed by atoms with Gasteiger partial charge in [-0.15, -0.1) is 0 Å². The van der Waals surface area contributed by atoms with Crippen molar-refractivity contribution in [2.75, 3.05) is 39.9 Å². The van der Waals surface area contributed by atoms with Crippen molar-refractivity contribution in [3.63, 3.8) is 0 Å². The summed E-state index contributed by atoms with van der Waals surface area (Å²) < 4.78 is 11.5. The Hall–Kier alpha value is -1.60. The lowest BCUT2D eigenvalue weighted by Crippen LogP contribution is -2.60. The maximum Gasteiger partial charge on any atom is 0.213 e. The molecule has 1 saturated carbocycles. The van der Waals surface area contributed by atoms with Gasteiger partial charge in [-0.05, 0) is 12.8 Å². The average Bonchev–Trinajstić information content (AvgIpc) is 3.19. The van der Waals surface area contributed by atoms with E-state index >= 15 is 0 Å². The molecule has 0 atom stereocenters. The van der Waals surface area contributed by atoms with Crippen molar-refractivity contribution in [1.82, 2.24) is 20.5 Å². The summed E-state index contributed by atoms with van der Waals surface area (Å²) in [4.78, 5) is 11.4. The molecule has 2 aliphatic rings. The molecule has 28 heavy (non-hydrogen) atoms. The fourth-order valence-corrected chi connectivity index (χ4v) is 4.22. The van der Waals surface area contributed by atoms with Gasteiger partial charge in [-0.25, -0.2) is 4.98 Å². The van der Waals surface area contributed by atoms with Gasteiger partial charge in [-0.2, -0.15) is 0 Å². The highest BCUT2D eigenvalue weighted by Crippen LogP contribution is 2.33. The summed E-state index contributed by atoms with van der Waals surface area (Å²) in [5.41, 5.74) is 0.179. The second-order valence-electron chi connectivity index (χ2n) is 9.03. The van der Waals surface area contributed by atoms with Crippen LogP contribution in [0.5, 0.6) is 0 Å². The molecule has 1 aromatic heterocycles.